The number of hydrogen-bond donors (Lipinski definition) is 2. The summed E-state index contributed by atoms with van der Waals surface area (Å²) in [6.07, 6.45) is 1.81. The summed E-state index contributed by atoms with van der Waals surface area (Å²) in [4.78, 5) is 26.1. The van der Waals surface area contributed by atoms with E-state index in [-0.39, 0.29) is 30.2 Å². The Morgan fingerprint density at radius 1 is 1.06 bits per heavy atom. The van der Waals surface area contributed by atoms with Gasteiger partial charge in [-0.25, -0.2) is 4.68 Å². The Hall–Kier alpha value is -3.03. The molecule has 4 atom stereocenters. The van der Waals surface area contributed by atoms with Gasteiger partial charge in [-0.05, 0) is 43.8 Å². The van der Waals surface area contributed by atoms with E-state index in [1.165, 1.54) is 4.68 Å². The molecule has 1 saturated heterocycles. The fourth-order valence-electron chi connectivity index (χ4n) is 5.23. The molecule has 166 valence electrons. The van der Waals surface area contributed by atoms with Crippen molar-refractivity contribution < 1.29 is 9.53 Å². The van der Waals surface area contributed by atoms with Gasteiger partial charge < -0.3 is 15.4 Å². The molecule has 1 saturated carbocycles. The average molecular weight is 433 g/mol. The van der Waals surface area contributed by atoms with Gasteiger partial charge in [-0.3, -0.25) is 9.59 Å². The maximum Gasteiger partial charge on any atom is 0.275 e. The first kappa shape index (κ1) is 20.8. The lowest BCUT2D eigenvalue weighted by Crippen LogP contribution is -2.51. The smallest absolute Gasteiger partial charge is 0.275 e. The van der Waals surface area contributed by atoms with E-state index in [1.54, 1.807) is 13.2 Å². The second kappa shape index (κ2) is 8.84. The topological polar surface area (TPSA) is 85.2 Å². The zero-order valence-electron chi connectivity index (χ0n) is 18.2. The minimum Gasteiger partial charge on any atom is -0.379 e. The number of nitrogens with one attached hydrogen (secondary N) is 2. The third-order valence-corrected chi connectivity index (χ3v) is 6.88. The number of amides is 1. The summed E-state index contributed by atoms with van der Waals surface area (Å²) in [7, 11) is 1.70. The fraction of sp³-hybridized carbons (Fsp3) is 0.400. The standard InChI is InChI=1S/C25H28N4O3/c1-32-22-12-18-14-26-13-17(18)11-21(22)27-23(30)15-29-25(31)20-10-6-5-9-19(20)24(28-29)16-7-3-2-4-8-16/h2-10,17-18,21-22,26H,11-15H2,1H3,(H,27,30)/t17-,18+,21-,22-/m0/s1. The number of benzene rings is 2. The SMILES string of the molecule is CO[C@H]1C[C@@H]2CNC[C@@H]2C[C@@H]1NC(=O)Cn1nc(-c2ccccc2)c2ccccc2c1=O. The van der Waals surface area contributed by atoms with Crippen molar-refractivity contribution in [3.63, 3.8) is 0 Å². The molecular weight excluding hydrogens is 404 g/mol. The number of rotatable bonds is 5. The zero-order valence-corrected chi connectivity index (χ0v) is 18.2. The third kappa shape index (κ3) is 3.94. The van der Waals surface area contributed by atoms with Crippen LogP contribution in [0.25, 0.3) is 22.0 Å². The molecular formula is C25H28N4O3. The summed E-state index contributed by atoms with van der Waals surface area (Å²) >= 11 is 0. The van der Waals surface area contributed by atoms with Gasteiger partial charge in [0.25, 0.3) is 5.56 Å². The minimum atomic E-state index is -0.262. The van der Waals surface area contributed by atoms with Gasteiger partial charge in [0.15, 0.2) is 0 Å². The highest BCUT2D eigenvalue weighted by Gasteiger charge is 2.40. The molecule has 2 aromatic carbocycles. The van der Waals surface area contributed by atoms with Gasteiger partial charge in [-0.2, -0.15) is 5.10 Å². The zero-order chi connectivity index (χ0) is 22.1. The number of carbonyl (C=O) groups is 1. The molecule has 7 heteroatoms. The Morgan fingerprint density at radius 2 is 1.75 bits per heavy atom. The molecule has 5 rings (SSSR count). The lowest BCUT2D eigenvalue weighted by Gasteiger charge is -2.37. The van der Waals surface area contributed by atoms with Gasteiger partial charge in [0.2, 0.25) is 5.91 Å². The lowest BCUT2D eigenvalue weighted by molar-refractivity contribution is -0.124. The normalized spacial score (nSPS) is 24.9. The second-order valence-corrected chi connectivity index (χ2v) is 8.82. The molecule has 2 N–H and O–H groups in total. The van der Waals surface area contributed by atoms with Gasteiger partial charge in [0, 0.05) is 18.1 Å². The van der Waals surface area contributed by atoms with Crippen molar-refractivity contribution in [3.8, 4) is 11.3 Å². The Balaban J connectivity index is 1.42. The van der Waals surface area contributed by atoms with Crippen molar-refractivity contribution in [3.05, 3.63) is 65.0 Å². The summed E-state index contributed by atoms with van der Waals surface area (Å²) in [5, 5.41) is 12.5. The van der Waals surface area contributed by atoms with E-state index in [2.05, 4.69) is 15.7 Å². The molecule has 0 radical (unpaired) electrons. The van der Waals surface area contributed by atoms with Crippen molar-refractivity contribution >= 4 is 16.7 Å². The maximum absolute atomic E-state index is 13.1. The Bertz CT molecular complexity index is 1180. The largest absolute Gasteiger partial charge is 0.379 e. The maximum atomic E-state index is 13.1. The van der Waals surface area contributed by atoms with E-state index in [0.717, 1.165) is 36.9 Å². The van der Waals surface area contributed by atoms with E-state index in [9.17, 15) is 9.59 Å². The predicted octanol–water partition coefficient (Wildman–Crippen LogP) is 2.19. The lowest BCUT2D eigenvalue weighted by atomic mass is 9.77. The van der Waals surface area contributed by atoms with Crippen molar-refractivity contribution in [2.45, 2.75) is 31.5 Å². The van der Waals surface area contributed by atoms with Crippen molar-refractivity contribution in [2.24, 2.45) is 11.8 Å². The van der Waals surface area contributed by atoms with Crippen LogP contribution in [0.5, 0.6) is 0 Å². The van der Waals surface area contributed by atoms with Crippen LogP contribution in [0.15, 0.2) is 59.4 Å². The van der Waals surface area contributed by atoms with Crippen LogP contribution < -0.4 is 16.2 Å². The highest BCUT2D eigenvalue weighted by atomic mass is 16.5. The molecule has 1 aliphatic carbocycles. The Kier molecular flexibility index (Phi) is 5.76. The van der Waals surface area contributed by atoms with Crippen molar-refractivity contribution in [1.29, 1.82) is 0 Å². The molecule has 2 fully saturated rings. The Morgan fingerprint density at radius 3 is 2.50 bits per heavy atom. The van der Waals surface area contributed by atoms with Gasteiger partial charge in [0.1, 0.15) is 6.54 Å². The number of hydrogen-bond acceptors (Lipinski definition) is 5. The fourth-order valence-corrected chi connectivity index (χ4v) is 5.23. The van der Waals surface area contributed by atoms with Crippen LogP contribution in [0, 0.1) is 11.8 Å². The number of aromatic nitrogens is 2. The van der Waals surface area contributed by atoms with Crippen molar-refractivity contribution in [2.75, 3.05) is 20.2 Å². The molecule has 2 heterocycles. The van der Waals surface area contributed by atoms with E-state index in [1.807, 2.05) is 48.5 Å². The highest BCUT2D eigenvalue weighted by Crippen LogP contribution is 2.34. The quantitative estimate of drug-likeness (QED) is 0.646. The van der Waals surface area contributed by atoms with E-state index < -0.39 is 0 Å². The van der Waals surface area contributed by atoms with Crippen LogP contribution in [0.4, 0.5) is 0 Å². The predicted molar refractivity (Wildman–Crippen MR) is 123 cm³/mol. The average Bonchev–Trinajstić information content (AvgIpc) is 3.28. The van der Waals surface area contributed by atoms with E-state index in [0.29, 0.717) is 22.9 Å². The van der Waals surface area contributed by atoms with Crippen LogP contribution >= 0.6 is 0 Å². The number of carbonyl (C=O) groups excluding carboxylic acids is 1. The third-order valence-electron chi connectivity index (χ3n) is 6.88. The molecule has 2 aliphatic rings. The number of ether oxygens (including phenoxy) is 1. The summed E-state index contributed by atoms with van der Waals surface area (Å²) in [6.45, 7) is 1.88. The molecule has 7 nitrogen and oxygen atoms in total. The van der Waals surface area contributed by atoms with E-state index >= 15 is 0 Å². The van der Waals surface area contributed by atoms with Crippen molar-refractivity contribution in [1.82, 2.24) is 20.4 Å². The number of methoxy groups -OCH3 is 1. The second-order valence-electron chi connectivity index (χ2n) is 8.82. The molecule has 0 spiro atoms. The first-order valence-electron chi connectivity index (χ1n) is 11.2. The monoisotopic (exact) mass is 432 g/mol. The van der Waals surface area contributed by atoms with Gasteiger partial charge in [-0.1, -0.05) is 48.5 Å². The van der Waals surface area contributed by atoms with Crippen LogP contribution in [-0.2, 0) is 16.1 Å². The van der Waals surface area contributed by atoms with Crippen LogP contribution in [0.1, 0.15) is 12.8 Å². The van der Waals surface area contributed by atoms with Gasteiger partial charge in [0.05, 0.1) is 23.2 Å². The summed E-state index contributed by atoms with van der Waals surface area (Å²) in [5.41, 5.74) is 1.34. The number of nitrogens with zero attached hydrogens (tertiary/aromatic N) is 2. The molecule has 0 unspecified atom stereocenters. The van der Waals surface area contributed by atoms with Crippen LogP contribution in [-0.4, -0.2) is 48.0 Å². The van der Waals surface area contributed by atoms with Gasteiger partial charge in [-0.15, -0.1) is 0 Å². The number of fused-ring (bicyclic) bond motifs is 2. The molecule has 1 aliphatic heterocycles. The Labute approximate surface area is 186 Å². The summed E-state index contributed by atoms with van der Waals surface area (Å²) in [5.74, 6) is 0.939. The molecule has 3 aromatic rings. The first-order valence-corrected chi connectivity index (χ1v) is 11.2. The summed E-state index contributed by atoms with van der Waals surface area (Å²) < 4.78 is 6.98. The summed E-state index contributed by atoms with van der Waals surface area (Å²) in [6, 6.07) is 17.1. The van der Waals surface area contributed by atoms with E-state index in [4.69, 9.17) is 4.74 Å². The van der Waals surface area contributed by atoms with Crippen LogP contribution in [0.3, 0.4) is 0 Å². The first-order chi connectivity index (χ1) is 15.6. The molecule has 32 heavy (non-hydrogen) atoms. The van der Waals surface area contributed by atoms with Gasteiger partial charge >= 0.3 is 0 Å². The highest BCUT2D eigenvalue weighted by molar-refractivity contribution is 5.93. The van der Waals surface area contributed by atoms with Crippen LogP contribution in [0.2, 0.25) is 0 Å². The molecule has 1 aromatic heterocycles. The molecule has 1 amide bonds. The minimum absolute atomic E-state index is 0.0127. The molecule has 0 bridgehead atoms.